The molecular formula is C26H21IN4O4. The topological polar surface area (TPSA) is 102 Å². The molecule has 35 heavy (non-hydrogen) atoms. The summed E-state index contributed by atoms with van der Waals surface area (Å²) in [4.78, 5) is 41.0. The molecule has 0 aliphatic heterocycles. The first-order valence-electron chi connectivity index (χ1n) is 10.7. The van der Waals surface area contributed by atoms with Crippen LogP contribution in [0.1, 0.15) is 21.5 Å². The molecule has 0 aliphatic rings. The van der Waals surface area contributed by atoms with Gasteiger partial charge in [-0.1, -0.05) is 60.7 Å². The quantitative estimate of drug-likeness (QED) is 0.313. The molecule has 1 aromatic heterocycles. The molecule has 4 aromatic rings. The van der Waals surface area contributed by atoms with Crippen LogP contribution in [0, 0.1) is 3.57 Å². The van der Waals surface area contributed by atoms with Gasteiger partial charge in [-0.2, -0.15) is 4.98 Å². The van der Waals surface area contributed by atoms with Crippen molar-refractivity contribution in [1.29, 1.82) is 0 Å². The molecule has 4 rings (SSSR count). The zero-order valence-electron chi connectivity index (χ0n) is 18.5. The summed E-state index contributed by atoms with van der Waals surface area (Å²) in [5.41, 5.74) is 2.31. The summed E-state index contributed by atoms with van der Waals surface area (Å²) in [7, 11) is 0. The minimum atomic E-state index is -0.524. The second-order valence-electron chi connectivity index (χ2n) is 7.49. The fraction of sp³-hybridized carbons (Fsp3) is 0.0769. The second-order valence-corrected chi connectivity index (χ2v) is 8.65. The molecule has 0 fully saturated rings. The molecule has 176 valence electrons. The Morgan fingerprint density at radius 2 is 1.54 bits per heavy atom. The number of carbonyl (C=O) groups is 2. The Balaban J connectivity index is 1.37. The van der Waals surface area contributed by atoms with E-state index in [0.29, 0.717) is 14.8 Å². The van der Waals surface area contributed by atoms with Crippen molar-refractivity contribution in [2.75, 3.05) is 5.32 Å². The number of nitrogens with zero attached hydrogens (tertiary/aromatic N) is 2. The molecule has 1 heterocycles. The molecule has 0 unspecified atom stereocenters. The lowest BCUT2D eigenvalue weighted by molar-refractivity contribution is 0.102. The Bertz CT molecular complexity index is 1370. The number of hydrogen-bond donors (Lipinski definition) is 2. The van der Waals surface area contributed by atoms with Gasteiger partial charge in [0, 0.05) is 18.3 Å². The predicted molar refractivity (Wildman–Crippen MR) is 140 cm³/mol. The van der Waals surface area contributed by atoms with Gasteiger partial charge in [0.15, 0.2) is 5.82 Å². The van der Waals surface area contributed by atoms with Crippen LogP contribution in [-0.2, 0) is 17.9 Å². The number of amides is 2. The summed E-state index contributed by atoms with van der Waals surface area (Å²) in [6.45, 7) is 0.477. The number of halogens is 1. The molecule has 0 saturated heterocycles. The van der Waals surface area contributed by atoms with E-state index in [2.05, 4.69) is 15.6 Å². The van der Waals surface area contributed by atoms with Gasteiger partial charge in [0.1, 0.15) is 6.61 Å². The Labute approximate surface area is 215 Å². The van der Waals surface area contributed by atoms with Gasteiger partial charge in [-0.15, -0.1) is 0 Å². The number of aromatic nitrogens is 2. The van der Waals surface area contributed by atoms with Gasteiger partial charge in [0.25, 0.3) is 5.91 Å². The fourth-order valence-corrected chi connectivity index (χ4v) is 3.73. The highest BCUT2D eigenvalue weighted by Gasteiger charge is 2.12. The van der Waals surface area contributed by atoms with Crippen molar-refractivity contribution in [3.05, 3.63) is 122 Å². The summed E-state index contributed by atoms with van der Waals surface area (Å²) in [6, 6.07) is 25.3. The van der Waals surface area contributed by atoms with Crippen molar-refractivity contribution in [2.24, 2.45) is 0 Å². The van der Waals surface area contributed by atoms with Crippen LogP contribution in [0.3, 0.4) is 0 Å². The van der Waals surface area contributed by atoms with Gasteiger partial charge in [-0.05, 0) is 58.0 Å². The normalized spacial score (nSPS) is 10.4. The first kappa shape index (κ1) is 24.1. The maximum absolute atomic E-state index is 12.6. The van der Waals surface area contributed by atoms with E-state index in [-0.39, 0.29) is 24.9 Å². The zero-order valence-corrected chi connectivity index (χ0v) is 20.6. The summed E-state index contributed by atoms with van der Waals surface area (Å²) >= 11 is 2.02. The highest BCUT2D eigenvalue weighted by Crippen LogP contribution is 2.16. The first-order valence-corrected chi connectivity index (χ1v) is 11.8. The Kier molecular flexibility index (Phi) is 7.88. The van der Waals surface area contributed by atoms with E-state index in [9.17, 15) is 14.4 Å². The monoisotopic (exact) mass is 580 g/mol. The van der Waals surface area contributed by atoms with E-state index in [1.54, 1.807) is 54.7 Å². The zero-order chi connectivity index (χ0) is 24.6. The van der Waals surface area contributed by atoms with Gasteiger partial charge in [0.2, 0.25) is 0 Å². The number of benzene rings is 3. The minimum Gasteiger partial charge on any atom is -0.445 e. The molecule has 0 bridgehead atoms. The van der Waals surface area contributed by atoms with Crippen LogP contribution in [0.25, 0.3) is 5.69 Å². The Morgan fingerprint density at radius 1 is 0.886 bits per heavy atom. The number of nitrogens with one attached hydrogen (secondary N) is 2. The van der Waals surface area contributed by atoms with Crippen molar-refractivity contribution in [1.82, 2.24) is 14.9 Å². The van der Waals surface area contributed by atoms with Crippen molar-refractivity contribution in [2.45, 2.75) is 13.2 Å². The lowest BCUT2D eigenvalue weighted by Gasteiger charge is -2.11. The summed E-state index contributed by atoms with van der Waals surface area (Å²) in [6.07, 6.45) is 1.10. The number of alkyl carbamates (subject to hydrolysis) is 1. The van der Waals surface area contributed by atoms with Gasteiger partial charge in [-0.25, -0.2) is 9.59 Å². The maximum Gasteiger partial charge on any atom is 0.407 e. The molecule has 0 radical (unpaired) electrons. The molecule has 8 nitrogen and oxygen atoms in total. The summed E-state index contributed by atoms with van der Waals surface area (Å²) in [5.74, 6) is -0.136. The molecule has 2 N–H and O–H groups in total. The Hall–Kier alpha value is -3.99. The molecule has 0 atom stereocenters. The van der Waals surface area contributed by atoms with Crippen molar-refractivity contribution < 1.29 is 14.3 Å². The third kappa shape index (κ3) is 6.54. The number of hydrogen-bond acceptors (Lipinski definition) is 5. The highest BCUT2D eigenvalue weighted by atomic mass is 127. The minimum absolute atomic E-state index is 0.196. The van der Waals surface area contributed by atoms with E-state index in [4.69, 9.17) is 4.74 Å². The van der Waals surface area contributed by atoms with Crippen molar-refractivity contribution in [3.8, 4) is 5.69 Å². The van der Waals surface area contributed by atoms with Gasteiger partial charge in [0.05, 0.1) is 9.26 Å². The number of ether oxygens (including phenoxy) is 1. The van der Waals surface area contributed by atoms with E-state index in [0.717, 1.165) is 11.1 Å². The van der Waals surface area contributed by atoms with Crippen LogP contribution < -0.4 is 16.3 Å². The van der Waals surface area contributed by atoms with Gasteiger partial charge >= 0.3 is 11.8 Å². The molecule has 2 amide bonds. The molecule has 9 heteroatoms. The van der Waals surface area contributed by atoms with Crippen LogP contribution in [-0.4, -0.2) is 21.6 Å². The van der Waals surface area contributed by atoms with Gasteiger partial charge < -0.3 is 15.4 Å². The average molecular weight is 580 g/mol. The maximum atomic E-state index is 12.6. The van der Waals surface area contributed by atoms with Crippen LogP contribution in [0.4, 0.5) is 10.6 Å². The third-order valence-electron chi connectivity index (χ3n) is 5.01. The van der Waals surface area contributed by atoms with Crippen molar-refractivity contribution in [3.63, 3.8) is 0 Å². The van der Waals surface area contributed by atoms with Crippen LogP contribution in [0.2, 0.25) is 0 Å². The lowest BCUT2D eigenvalue weighted by Crippen LogP contribution is -2.25. The number of carbonyl (C=O) groups excluding carboxylic acids is 2. The second kappa shape index (κ2) is 11.4. The van der Waals surface area contributed by atoms with Gasteiger partial charge in [-0.3, -0.25) is 9.36 Å². The number of anilines is 1. The number of rotatable bonds is 7. The third-order valence-corrected chi connectivity index (χ3v) is 5.80. The molecular weight excluding hydrogens is 559 g/mol. The predicted octanol–water partition coefficient (Wildman–Crippen LogP) is 4.52. The van der Waals surface area contributed by atoms with E-state index in [1.807, 2.05) is 59.0 Å². The molecule has 3 aromatic carbocycles. The van der Waals surface area contributed by atoms with Crippen molar-refractivity contribution >= 4 is 40.4 Å². The SMILES string of the molecule is O=C(NCc1ccc(-n2cc(I)c(NC(=O)c3ccccc3)nc2=O)cc1)OCc1ccccc1. The molecule has 0 spiro atoms. The summed E-state index contributed by atoms with van der Waals surface area (Å²) in [5, 5.41) is 5.38. The smallest absolute Gasteiger partial charge is 0.407 e. The van der Waals surface area contributed by atoms with E-state index < -0.39 is 11.8 Å². The molecule has 0 aliphatic carbocycles. The Morgan fingerprint density at radius 3 is 2.23 bits per heavy atom. The van der Waals surface area contributed by atoms with Crippen LogP contribution in [0.5, 0.6) is 0 Å². The largest absolute Gasteiger partial charge is 0.445 e. The van der Waals surface area contributed by atoms with Crippen LogP contribution >= 0.6 is 22.6 Å². The first-order chi connectivity index (χ1) is 17.0. The fourth-order valence-electron chi connectivity index (χ4n) is 3.20. The highest BCUT2D eigenvalue weighted by molar-refractivity contribution is 14.1. The summed E-state index contributed by atoms with van der Waals surface area (Å²) < 4.78 is 7.21. The van der Waals surface area contributed by atoms with E-state index in [1.165, 1.54) is 4.57 Å². The molecule has 0 saturated carbocycles. The van der Waals surface area contributed by atoms with E-state index >= 15 is 0 Å². The average Bonchev–Trinajstić information content (AvgIpc) is 2.89. The standard InChI is InChI=1S/C26H21IN4O4/c27-22-16-31(25(33)30-23(22)29-24(32)20-9-5-2-6-10-20)21-13-11-18(12-14-21)15-28-26(34)35-17-19-7-3-1-4-8-19/h1-14,16H,15,17H2,(H,28,34)(H,29,30,32,33). The lowest BCUT2D eigenvalue weighted by atomic mass is 10.2. The van der Waals surface area contributed by atoms with Crippen LogP contribution in [0.15, 0.2) is 95.9 Å².